The molecule has 37 heavy (non-hydrogen) atoms. The van der Waals surface area contributed by atoms with Gasteiger partial charge in [-0.15, -0.1) is 0 Å². The fourth-order valence-corrected chi connectivity index (χ4v) is 7.82. The van der Waals surface area contributed by atoms with Gasteiger partial charge in [-0.25, -0.2) is 0 Å². The van der Waals surface area contributed by atoms with Gasteiger partial charge in [0.25, 0.3) is 0 Å². The average molecular weight is 509 g/mol. The molecule has 1 aromatic carbocycles. The first-order chi connectivity index (χ1) is 17.4. The minimum Gasteiger partial charge on any atom is -0.399 e. The van der Waals surface area contributed by atoms with Gasteiger partial charge in [0.2, 0.25) is 5.91 Å². The molecule has 1 aromatic rings. The fourth-order valence-electron chi connectivity index (χ4n) is 7.82. The van der Waals surface area contributed by atoms with Crippen LogP contribution < -0.4 is 10.4 Å². The third-order valence-corrected chi connectivity index (χ3v) is 10.7. The van der Waals surface area contributed by atoms with Crippen molar-refractivity contribution in [1.29, 1.82) is 0 Å². The summed E-state index contributed by atoms with van der Waals surface area (Å²) in [5.74, 6) is 0.317. The molecule has 7 heteroatoms. The van der Waals surface area contributed by atoms with E-state index in [-0.39, 0.29) is 29.5 Å². The largest absolute Gasteiger partial charge is 0.494 e. The predicted octanol–water partition coefficient (Wildman–Crippen LogP) is 4.16. The van der Waals surface area contributed by atoms with E-state index in [1.807, 2.05) is 0 Å². The van der Waals surface area contributed by atoms with Crippen molar-refractivity contribution in [3.63, 3.8) is 0 Å². The van der Waals surface area contributed by atoms with Gasteiger partial charge >= 0.3 is 7.12 Å². The van der Waals surface area contributed by atoms with Crippen molar-refractivity contribution in [3.8, 4) is 0 Å². The normalized spacial score (nSPS) is 33.7. The van der Waals surface area contributed by atoms with Crippen molar-refractivity contribution in [2.75, 3.05) is 18.1 Å². The smallest absolute Gasteiger partial charge is 0.399 e. The number of carbonyl (C=O) groups excluding carboxylic acids is 1. The lowest BCUT2D eigenvalue weighted by Crippen LogP contribution is -2.58. The van der Waals surface area contributed by atoms with Crippen LogP contribution in [0, 0.1) is 5.41 Å². The van der Waals surface area contributed by atoms with Crippen LogP contribution in [0.4, 0.5) is 5.69 Å². The highest BCUT2D eigenvalue weighted by atomic mass is 16.7. The van der Waals surface area contributed by atoms with E-state index >= 15 is 0 Å². The first-order valence-electron chi connectivity index (χ1n) is 14.6. The Morgan fingerprint density at radius 3 is 2.24 bits per heavy atom. The zero-order valence-electron chi connectivity index (χ0n) is 23.7. The molecule has 1 amide bonds. The minimum absolute atomic E-state index is 0.217. The Labute approximate surface area is 223 Å². The standard InChI is InChI=1S/C30H45BN2O4/c1-27(2)17-23(18-34)32(19-27)21-15-22(16-21)33-25-14-20(31-36-28(3,4)29(5,6)37-31)10-11-24(25)30(26(33)35)12-8-7-9-13-30/h10-11,14,21-23,34H,7-9,12-13,15-19H2,1-6H3/t21?,22?,23-/m0/s1. The van der Waals surface area contributed by atoms with Crippen molar-refractivity contribution >= 4 is 24.2 Å². The van der Waals surface area contributed by atoms with Gasteiger partial charge in [0.1, 0.15) is 0 Å². The molecule has 1 spiro atoms. The summed E-state index contributed by atoms with van der Waals surface area (Å²) in [5, 5.41) is 10.0. The monoisotopic (exact) mass is 508 g/mol. The third kappa shape index (κ3) is 3.94. The van der Waals surface area contributed by atoms with Gasteiger partial charge in [0, 0.05) is 30.4 Å². The van der Waals surface area contributed by atoms with Crippen molar-refractivity contribution in [2.45, 2.75) is 128 Å². The van der Waals surface area contributed by atoms with E-state index < -0.39 is 18.3 Å². The van der Waals surface area contributed by atoms with E-state index in [0.717, 1.165) is 62.6 Å². The first-order valence-corrected chi connectivity index (χ1v) is 14.6. The molecule has 2 saturated heterocycles. The maximum absolute atomic E-state index is 14.3. The van der Waals surface area contributed by atoms with Crippen LogP contribution in [0.25, 0.3) is 0 Å². The maximum atomic E-state index is 14.3. The summed E-state index contributed by atoms with van der Waals surface area (Å²) in [6.07, 6.45) is 8.36. The van der Waals surface area contributed by atoms with Gasteiger partial charge in [-0.3, -0.25) is 9.69 Å². The molecule has 0 radical (unpaired) electrons. The summed E-state index contributed by atoms with van der Waals surface area (Å²) >= 11 is 0. The summed E-state index contributed by atoms with van der Waals surface area (Å²) in [6.45, 7) is 14.2. The Balaban J connectivity index is 1.29. The van der Waals surface area contributed by atoms with Gasteiger partial charge in [-0.05, 0) is 82.3 Å². The van der Waals surface area contributed by atoms with Crippen LogP contribution in [0.3, 0.4) is 0 Å². The summed E-state index contributed by atoms with van der Waals surface area (Å²) in [7, 11) is -0.429. The van der Waals surface area contributed by atoms with E-state index in [0.29, 0.717) is 11.9 Å². The number of nitrogens with zero attached hydrogens (tertiary/aromatic N) is 2. The van der Waals surface area contributed by atoms with Gasteiger partial charge in [0.05, 0.1) is 23.2 Å². The number of likely N-dealkylation sites (tertiary alicyclic amines) is 1. The number of benzene rings is 1. The lowest BCUT2D eigenvalue weighted by atomic mass is 9.69. The number of hydrogen-bond acceptors (Lipinski definition) is 5. The van der Waals surface area contributed by atoms with E-state index in [4.69, 9.17) is 9.31 Å². The van der Waals surface area contributed by atoms with E-state index in [2.05, 4.69) is 69.5 Å². The molecule has 202 valence electrons. The molecule has 6 rings (SSSR count). The molecule has 0 unspecified atom stereocenters. The lowest BCUT2D eigenvalue weighted by molar-refractivity contribution is -0.125. The molecule has 0 aromatic heterocycles. The highest BCUT2D eigenvalue weighted by Gasteiger charge is 2.57. The molecule has 1 atom stereocenters. The molecule has 1 N–H and O–H groups in total. The Bertz CT molecular complexity index is 1060. The van der Waals surface area contributed by atoms with Crippen molar-refractivity contribution in [2.24, 2.45) is 5.41 Å². The van der Waals surface area contributed by atoms with Crippen LogP contribution in [0.2, 0.25) is 0 Å². The number of fused-ring (bicyclic) bond motifs is 2. The number of anilines is 1. The molecule has 6 nitrogen and oxygen atoms in total. The number of amides is 1. The van der Waals surface area contributed by atoms with Gasteiger partial charge in [-0.1, -0.05) is 45.2 Å². The molecule has 4 fully saturated rings. The van der Waals surface area contributed by atoms with Crippen LogP contribution in [-0.4, -0.2) is 65.5 Å². The number of carbonyl (C=O) groups is 1. The highest BCUT2D eigenvalue weighted by molar-refractivity contribution is 6.62. The molecule has 0 bridgehead atoms. The molecular weight excluding hydrogens is 463 g/mol. The topological polar surface area (TPSA) is 62.2 Å². The van der Waals surface area contributed by atoms with Crippen LogP contribution in [0.5, 0.6) is 0 Å². The lowest BCUT2D eigenvalue weighted by Gasteiger charge is -2.47. The molecule has 3 heterocycles. The molecular formula is C30H45BN2O4. The summed E-state index contributed by atoms with van der Waals surface area (Å²) in [6, 6.07) is 7.43. The SMILES string of the molecule is CC1(C)C[C@@H](CO)N(C2CC(N3C(=O)C4(CCCCC4)c4ccc(B5OC(C)(C)C(C)(C)O5)cc43)C2)C1. The number of rotatable bonds is 4. The summed E-state index contributed by atoms with van der Waals surface area (Å²) in [4.78, 5) is 19.0. The summed E-state index contributed by atoms with van der Waals surface area (Å²) in [5.41, 5.74) is 2.38. The van der Waals surface area contributed by atoms with Crippen LogP contribution >= 0.6 is 0 Å². The zero-order valence-corrected chi connectivity index (χ0v) is 23.7. The Morgan fingerprint density at radius 2 is 1.62 bits per heavy atom. The predicted molar refractivity (Wildman–Crippen MR) is 147 cm³/mol. The average Bonchev–Trinajstić information content (AvgIpc) is 3.33. The van der Waals surface area contributed by atoms with Crippen LogP contribution in [-0.2, 0) is 19.5 Å². The quantitative estimate of drug-likeness (QED) is 0.619. The maximum Gasteiger partial charge on any atom is 0.494 e. The van der Waals surface area contributed by atoms with E-state index in [1.165, 1.54) is 12.0 Å². The second-order valence-corrected chi connectivity index (χ2v) is 14.3. The molecule has 2 saturated carbocycles. The number of aliphatic hydroxyl groups is 1. The van der Waals surface area contributed by atoms with Gasteiger partial charge in [0.15, 0.2) is 0 Å². The Hall–Kier alpha value is -1.41. The fraction of sp³-hybridized carbons (Fsp3) is 0.767. The van der Waals surface area contributed by atoms with E-state index in [9.17, 15) is 9.90 Å². The Kier molecular flexibility index (Phi) is 5.97. The second kappa shape index (κ2) is 8.55. The molecule has 2 aliphatic carbocycles. The van der Waals surface area contributed by atoms with Crippen LogP contribution in [0.1, 0.15) is 98.5 Å². The number of aliphatic hydroxyl groups excluding tert-OH is 1. The summed E-state index contributed by atoms with van der Waals surface area (Å²) < 4.78 is 12.8. The van der Waals surface area contributed by atoms with Crippen molar-refractivity contribution in [3.05, 3.63) is 23.8 Å². The second-order valence-electron chi connectivity index (χ2n) is 14.3. The zero-order chi connectivity index (χ0) is 26.4. The minimum atomic E-state index is -0.429. The van der Waals surface area contributed by atoms with Gasteiger partial charge < -0.3 is 19.3 Å². The van der Waals surface area contributed by atoms with Gasteiger partial charge in [-0.2, -0.15) is 0 Å². The van der Waals surface area contributed by atoms with E-state index in [1.54, 1.807) is 0 Å². The van der Waals surface area contributed by atoms with Crippen molar-refractivity contribution in [1.82, 2.24) is 4.90 Å². The molecule has 5 aliphatic rings. The number of hydrogen-bond donors (Lipinski definition) is 1. The van der Waals surface area contributed by atoms with Crippen molar-refractivity contribution < 1.29 is 19.2 Å². The highest BCUT2D eigenvalue weighted by Crippen LogP contribution is 2.53. The first kappa shape index (κ1) is 25.9. The Morgan fingerprint density at radius 1 is 0.973 bits per heavy atom. The van der Waals surface area contributed by atoms with Crippen LogP contribution in [0.15, 0.2) is 18.2 Å². The third-order valence-electron chi connectivity index (χ3n) is 10.7. The molecule has 3 aliphatic heterocycles.